The van der Waals surface area contributed by atoms with E-state index >= 15 is 0 Å². The lowest BCUT2D eigenvalue weighted by molar-refractivity contribution is 0.267. The molecule has 0 aliphatic heterocycles. The first-order chi connectivity index (χ1) is 9.05. The fourth-order valence-electron chi connectivity index (χ4n) is 1.99. The van der Waals surface area contributed by atoms with Crippen LogP contribution in [0.15, 0.2) is 18.2 Å². The van der Waals surface area contributed by atoms with Crippen LogP contribution < -0.4 is 4.74 Å². The average molecular weight is 295 g/mol. The highest BCUT2D eigenvalue weighted by atomic mass is 32.1. The molecule has 1 nitrogen and oxygen atoms in total. The SMILES string of the molecule is CC(CS)COc1ccc(C(C)(C)C)cc1C(C)(C)C. The average Bonchev–Trinajstić information content (AvgIpc) is 2.33. The zero-order valence-electron chi connectivity index (χ0n) is 14.1. The van der Waals surface area contributed by atoms with Gasteiger partial charge in [-0.15, -0.1) is 0 Å². The second-order valence-electron chi connectivity index (χ2n) is 7.81. The van der Waals surface area contributed by atoms with Crippen molar-refractivity contribution in [3.63, 3.8) is 0 Å². The van der Waals surface area contributed by atoms with Crippen molar-refractivity contribution in [1.29, 1.82) is 0 Å². The van der Waals surface area contributed by atoms with Crippen molar-refractivity contribution in [1.82, 2.24) is 0 Å². The summed E-state index contributed by atoms with van der Waals surface area (Å²) in [5.74, 6) is 2.33. The number of hydrogen-bond acceptors (Lipinski definition) is 2. The number of benzene rings is 1. The molecule has 1 aromatic carbocycles. The van der Waals surface area contributed by atoms with Crippen LogP contribution in [-0.2, 0) is 10.8 Å². The molecule has 1 rings (SSSR count). The molecular weight excluding hydrogens is 264 g/mol. The van der Waals surface area contributed by atoms with Crippen molar-refractivity contribution < 1.29 is 4.74 Å². The first-order valence-electron chi connectivity index (χ1n) is 7.44. The van der Waals surface area contributed by atoms with Gasteiger partial charge in [0.05, 0.1) is 6.61 Å². The molecule has 1 aromatic rings. The Bertz CT molecular complexity index is 438. The standard InChI is InChI=1S/C18H30OS/c1-13(12-20)11-19-16-9-8-14(17(2,3)4)10-15(16)18(5,6)7/h8-10,13,20H,11-12H2,1-7H3. The van der Waals surface area contributed by atoms with E-state index in [1.165, 1.54) is 11.1 Å². The molecule has 0 aromatic heterocycles. The predicted octanol–water partition coefficient (Wildman–Crippen LogP) is 5.23. The summed E-state index contributed by atoms with van der Waals surface area (Å²) in [6.07, 6.45) is 0. The number of thiol groups is 1. The van der Waals surface area contributed by atoms with Gasteiger partial charge in [0.15, 0.2) is 0 Å². The maximum Gasteiger partial charge on any atom is 0.123 e. The largest absolute Gasteiger partial charge is 0.493 e. The van der Waals surface area contributed by atoms with Gasteiger partial charge >= 0.3 is 0 Å². The smallest absolute Gasteiger partial charge is 0.123 e. The molecule has 2 heteroatoms. The van der Waals surface area contributed by atoms with Crippen LogP contribution >= 0.6 is 12.6 Å². The summed E-state index contributed by atoms with van der Waals surface area (Å²) >= 11 is 4.32. The fraction of sp³-hybridized carbons (Fsp3) is 0.667. The topological polar surface area (TPSA) is 9.23 Å². The molecule has 0 bridgehead atoms. The van der Waals surface area contributed by atoms with Gasteiger partial charge in [-0.05, 0) is 39.7 Å². The quantitative estimate of drug-likeness (QED) is 0.748. The summed E-state index contributed by atoms with van der Waals surface area (Å²) in [5.41, 5.74) is 2.89. The zero-order chi connectivity index (χ0) is 15.6. The van der Waals surface area contributed by atoms with Crippen molar-refractivity contribution in [2.45, 2.75) is 59.3 Å². The van der Waals surface area contributed by atoms with Crippen LogP contribution in [0.3, 0.4) is 0 Å². The maximum absolute atomic E-state index is 6.04. The van der Waals surface area contributed by atoms with E-state index in [9.17, 15) is 0 Å². The third kappa shape index (κ3) is 4.73. The normalized spacial score (nSPS) is 14.2. The zero-order valence-corrected chi connectivity index (χ0v) is 15.0. The molecule has 1 unspecified atom stereocenters. The monoisotopic (exact) mass is 294 g/mol. The second-order valence-corrected chi connectivity index (χ2v) is 8.17. The summed E-state index contributed by atoms with van der Waals surface area (Å²) in [4.78, 5) is 0. The van der Waals surface area contributed by atoms with E-state index < -0.39 is 0 Å². The lowest BCUT2D eigenvalue weighted by Gasteiger charge is -2.27. The van der Waals surface area contributed by atoms with Gasteiger partial charge in [-0.2, -0.15) is 12.6 Å². The highest BCUT2D eigenvalue weighted by Crippen LogP contribution is 2.35. The summed E-state index contributed by atoms with van der Waals surface area (Å²) in [6.45, 7) is 16.3. The molecule has 0 heterocycles. The first kappa shape index (κ1) is 17.4. The van der Waals surface area contributed by atoms with E-state index in [0.717, 1.165) is 18.1 Å². The Labute approximate surface area is 130 Å². The molecule has 1 atom stereocenters. The van der Waals surface area contributed by atoms with E-state index in [0.29, 0.717) is 5.92 Å². The molecule has 0 aliphatic carbocycles. The highest BCUT2D eigenvalue weighted by Gasteiger charge is 2.23. The maximum atomic E-state index is 6.04. The van der Waals surface area contributed by atoms with Crippen molar-refractivity contribution in [3.05, 3.63) is 29.3 Å². The molecule has 0 N–H and O–H groups in total. The molecule has 20 heavy (non-hydrogen) atoms. The Morgan fingerprint density at radius 3 is 2.10 bits per heavy atom. The van der Waals surface area contributed by atoms with Gasteiger partial charge in [-0.3, -0.25) is 0 Å². The van der Waals surface area contributed by atoms with Crippen LogP contribution in [0.5, 0.6) is 5.75 Å². The van der Waals surface area contributed by atoms with Crippen molar-refractivity contribution >= 4 is 12.6 Å². The molecule has 0 radical (unpaired) electrons. The van der Waals surface area contributed by atoms with E-state index in [-0.39, 0.29) is 10.8 Å². The Balaban J connectivity index is 3.12. The Hall–Kier alpha value is -0.630. The molecule has 0 aliphatic rings. The molecule has 0 amide bonds. The van der Waals surface area contributed by atoms with Crippen LogP contribution in [-0.4, -0.2) is 12.4 Å². The summed E-state index contributed by atoms with van der Waals surface area (Å²) in [6, 6.07) is 6.63. The molecule has 114 valence electrons. The van der Waals surface area contributed by atoms with Crippen LogP contribution in [0, 0.1) is 5.92 Å². The van der Waals surface area contributed by atoms with Gasteiger partial charge in [0.2, 0.25) is 0 Å². The molecule has 0 saturated heterocycles. The van der Waals surface area contributed by atoms with Gasteiger partial charge in [0.25, 0.3) is 0 Å². The number of rotatable bonds is 4. The number of hydrogen-bond donors (Lipinski definition) is 1. The Morgan fingerprint density at radius 1 is 1.05 bits per heavy atom. The van der Waals surface area contributed by atoms with Crippen LogP contribution in [0.4, 0.5) is 0 Å². The molecular formula is C18H30OS. The van der Waals surface area contributed by atoms with E-state index in [1.54, 1.807) is 0 Å². The van der Waals surface area contributed by atoms with Gasteiger partial charge in [0.1, 0.15) is 5.75 Å². The van der Waals surface area contributed by atoms with Crippen molar-refractivity contribution in [2.75, 3.05) is 12.4 Å². The van der Waals surface area contributed by atoms with Gasteiger partial charge < -0.3 is 4.74 Å². The van der Waals surface area contributed by atoms with Crippen molar-refractivity contribution in [3.8, 4) is 5.75 Å². The van der Waals surface area contributed by atoms with Crippen LogP contribution in [0.25, 0.3) is 0 Å². The number of ether oxygens (including phenoxy) is 1. The minimum Gasteiger partial charge on any atom is -0.493 e. The van der Waals surface area contributed by atoms with E-state index in [1.807, 2.05) is 0 Å². The summed E-state index contributed by atoms with van der Waals surface area (Å²) in [5, 5.41) is 0. The predicted molar refractivity (Wildman–Crippen MR) is 92.4 cm³/mol. The third-order valence-electron chi connectivity index (χ3n) is 3.49. The van der Waals surface area contributed by atoms with Crippen LogP contribution in [0.1, 0.15) is 59.6 Å². The summed E-state index contributed by atoms with van der Waals surface area (Å²) < 4.78 is 6.04. The molecule has 0 spiro atoms. The highest BCUT2D eigenvalue weighted by molar-refractivity contribution is 7.80. The van der Waals surface area contributed by atoms with Gasteiger partial charge in [-0.1, -0.05) is 60.6 Å². The van der Waals surface area contributed by atoms with Gasteiger partial charge in [-0.25, -0.2) is 0 Å². The lowest BCUT2D eigenvalue weighted by Crippen LogP contribution is -2.19. The third-order valence-corrected chi connectivity index (χ3v) is 4.11. The van der Waals surface area contributed by atoms with Crippen molar-refractivity contribution in [2.24, 2.45) is 5.92 Å². The van der Waals surface area contributed by atoms with Gasteiger partial charge in [0, 0.05) is 0 Å². The Kier molecular flexibility index (Phi) is 5.60. The minimum atomic E-state index is 0.0841. The molecule has 0 saturated carbocycles. The first-order valence-corrected chi connectivity index (χ1v) is 8.07. The lowest BCUT2D eigenvalue weighted by atomic mass is 9.80. The second kappa shape index (κ2) is 6.43. The van der Waals surface area contributed by atoms with Crippen LogP contribution in [0.2, 0.25) is 0 Å². The molecule has 0 fully saturated rings. The Morgan fingerprint density at radius 2 is 1.65 bits per heavy atom. The fourth-order valence-corrected chi connectivity index (χ4v) is 2.10. The van der Waals surface area contributed by atoms with E-state index in [2.05, 4.69) is 79.3 Å². The summed E-state index contributed by atoms with van der Waals surface area (Å²) in [7, 11) is 0. The minimum absolute atomic E-state index is 0.0841. The van der Waals surface area contributed by atoms with E-state index in [4.69, 9.17) is 4.74 Å².